The lowest BCUT2D eigenvalue weighted by Crippen LogP contribution is -3.17. The largest absolute Gasteiger partial charge is 1.00 e. The molecule has 1 nitrogen and oxygen atoms in total. The minimum Gasteiger partial charge on any atom is -1.00 e. The fourth-order valence-electron chi connectivity index (χ4n) is 3.87. The molecule has 0 radical (unpaired) electrons. The second kappa shape index (κ2) is 7.72. The molecule has 1 aromatic carbocycles. The van der Waals surface area contributed by atoms with Gasteiger partial charge in [-0.2, -0.15) is 0 Å². The Morgan fingerprint density at radius 3 is 2.60 bits per heavy atom. The van der Waals surface area contributed by atoms with Gasteiger partial charge in [-0.15, -0.1) is 0 Å². The van der Waals surface area contributed by atoms with Gasteiger partial charge in [-0.25, -0.2) is 0 Å². The number of halogens is 1. The Labute approximate surface area is 129 Å². The minimum absolute atomic E-state index is 0. The summed E-state index contributed by atoms with van der Waals surface area (Å²) in [6, 6.07) is 11.3. The molecule has 3 rings (SSSR count). The number of fused-ring (bicyclic) bond motifs is 1. The van der Waals surface area contributed by atoms with Crippen molar-refractivity contribution in [2.75, 3.05) is 13.1 Å². The molecule has 3 atom stereocenters. The van der Waals surface area contributed by atoms with E-state index in [0.29, 0.717) is 0 Å². The molecule has 1 saturated carbocycles. The molecular formula is C18H24ClN. The molecule has 1 saturated heterocycles. The number of likely N-dealkylation sites (tertiary alicyclic amines) is 1. The first-order chi connectivity index (χ1) is 9.43. The van der Waals surface area contributed by atoms with Crippen LogP contribution < -0.4 is 17.3 Å². The van der Waals surface area contributed by atoms with Crippen LogP contribution in [-0.2, 0) is 0 Å². The highest BCUT2D eigenvalue weighted by atomic mass is 35.5. The highest BCUT2D eigenvalue weighted by molar-refractivity contribution is 5.33. The van der Waals surface area contributed by atoms with Gasteiger partial charge in [0, 0.05) is 11.5 Å². The van der Waals surface area contributed by atoms with Crippen LogP contribution >= 0.6 is 0 Å². The SMILES string of the molecule is C(#Cc1ccccc1)C[NH+]1CCC[C@H]2CCCC[C@@H]21.[Cl-]. The molecular weight excluding hydrogens is 266 g/mol. The van der Waals surface area contributed by atoms with Crippen molar-refractivity contribution in [3.05, 3.63) is 35.9 Å². The maximum Gasteiger partial charge on any atom is 0.139 e. The molecule has 0 bridgehead atoms. The third kappa shape index (κ3) is 3.78. The van der Waals surface area contributed by atoms with Crippen molar-refractivity contribution in [3.63, 3.8) is 0 Å². The molecule has 0 amide bonds. The van der Waals surface area contributed by atoms with Crippen LogP contribution in [0, 0.1) is 17.8 Å². The quantitative estimate of drug-likeness (QED) is 0.651. The summed E-state index contributed by atoms with van der Waals surface area (Å²) >= 11 is 0. The lowest BCUT2D eigenvalue weighted by molar-refractivity contribution is -0.929. The zero-order valence-corrected chi connectivity index (χ0v) is 12.8. The number of quaternary nitrogens is 1. The number of hydrogen-bond donors (Lipinski definition) is 1. The van der Waals surface area contributed by atoms with Gasteiger partial charge in [0.1, 0.15) is 6.54 Å². The van der Waals surface area contributed by atoms with Crippen molar-refractivity contribution in [1.82, 2.24) is 0 Å². The highest BCUT2D eigenvalue weighted by Gasteiger charge is 2.35. The monoisotopic (exact) mass is 289 g/mol. The van der Waals surface area contributed by atoms with Gasteiger partial charge in [-0.05, 0) is 50.2 Å². The molecule has 20 heavy (non-hydrogen) atoms. The molecule has 1 aliphatic carbocycles. The Morgan fingerprint density at radius 2 is 1.75 bits per heavy atom. The van der Waals surface area contributed by atoms with Gasteiger partial charge in [0.15, 0.2) is 0 Å². The molecule has 1 aromatic rings. The predicted molar refractivity (Wildman–Crippen MR) is 79.0 cm³/mol. The first-order valence-corrected chi connectivity index (χ1v) is 7.82. The van der Waals surface area contributed by atoms with E-state index in [4.69, 9.17) is 0 Å². The third-order valence-electron chi connectivity index (χ3n) is 4.83. The zero-order chi connectivity index (χ0) is 12.9. The van der Waals surface area contributed by atoms with Gasteiger partial charge in [-0.1, -0.05) is 30.5 Å². The molecule has 1 N–H and O–H groups in total. The van der Waals surface area contributed by atoms with Gasteiger partial charge in [-0.3, -0.25) is 0 Å². The van der Waals surface area contributed by atoms with Crippen LogP contribution in [0.5, 0.6) is 0 Å². The number of nitrogens with one attached hydrogen (secondary N) is 1. The fraction of sp³-hybridized carbons (Fsp3) is 0.556. The van der Waals surface area contributed by atoms with E-state index < -0.39 is 0 Å². The summed E-state index contributed by atoms with van der Waals surface area (Å²) < 4.78 is 0. The summed E-state index contributed by atoms with van der Waals surface area (Å²) in [7, 11) is 0. The van der Waals surface area contributed by atoms with E-state index in [-0.39, 0.29) is 12.4 Å². The molecule has 1 unspecified atom stereocenters. The van der Waals surface area contributed by atoms with E-state index in [2.05, 4.69) is 36.1 Å². The smallest absolute Gasteiger partial charge is 0.139 e. The van der Waals surface area contributed by atoms with Gasteiger partial charge < -0.3 is 17.3 Å². The number of piperidine rings is 1. The Hall–Kier alpha value is -0.970. The van der Waals surface area contributed by atoms with Crippen molar-refractivity contribution in [3.8, 4) is 11.8 Å². The Kier molecular flexibility index (Phi) is 5.95. The standard InChI is InChI=1S/C18H23N.ClH/c1-2-8-16(9-3-1)10-6-14-19-15-7-12-17-11-4-5-13-18(17)19;/h1-3,8-9,17-18H,4-5,7,11-15H2;1H/t17-,18+;/m1./s1. The third-order valence-corrected chi connectivity index (χ3v) is 4.83. The summed E-state index contributed by atoms with van der Waals surface area (Å²) in [5.74, 6) is 7.73. The Bertz CT molecular complexity index is 457. The van der Waals surface area contributed by atoms with E-state index in [1.807, 2.05) is 6.07 Å². The minimum atomic E-state index is 0. The summed E-state index contributed by atoms with van der Waals surface area (Å²) in [5, 5.41) is 0. The van der Waals surface area contributed by atoms with Crippen LogP contribution in [0.4, 0.5) is 0 Å². The number of rotatable bonds is 1. The lowest BCUT2D eigenvalue weighted by Gasteiger charge is -2.40. The predicted octanol–water partition coefficient (Wildman–Crippen LogP) is -0.720. The summed E-state index contributed by atoms with van der Waals surface area (Å²) in [4.78, 5) is 1.76. The van der Waals surface area contributed by atoms with Gasteiger partial charge in [0.25, 0.3) is 0 Å². The average molecular weight is 290 g/mol. The first-order valence-electron chi connectivity index (χ1n) is 7.82. The van der Waals surface area contributed by atoms with Crippen LogP contribution in [0.2, 0.25) is 0 Å². The van der Waals surface area contributed by atoms with Crippen molar-refractivity contribution >= 4 is 0 Å². The molecule has 2 aliphatic rings. The molecule has 2 heteroatoms. The van der Waals surface area contributed by atoms with Crippen LogP contribution in [0.3, 0.4) is 0 Å². The van der Waals surface area contributed by atoms with Crippen molar-refractivity contribution in [1.29, 1.82) is 0 Å². The molecule has 108 valence electrons. The van der Waals surface area contributed by atoms with Crippen molar-refractivity contribution in [2.45, 2.75) is 44.6 Å². The van der Waals surface area contributed by atoms with Crippen LogP contribution in [0.15, 0.2) is 30.3 Å². The van der Waals surface area contributed by atoms with E-state index >= 15 is 0 Å². The lowest BCUT2D eigenvalue weighted by atomic mass is 9.78. The molecule has 2 fully saturated rings. The second-order valence-electron chi connectivity index (χ2n) is 6.05. The van der Waals surface area contributed by atoms with Crippen molar-refractivity contribution < 1.29 is 17.3 Å². The van der Waals surface area contributed by atoms with E-state index in [1.54, 1.807) is 4.90 Å². The van der Waals surface area contributed by atoms with Gasteiger partial charge >= 0.3 is 0 Å². The molecule has 1 heterocycles. The van der Waals surface area contributed by atoms with E-state index in [1.165, 1.54) is 45.1 Å². The molecule has 0 aromatic heterocycles. The number of benzene rings is 1. The maximum absolute atomic E-state index is 3.42. The Morgan fingerprint density at radius 1 is 1.00 bits per heavy atom. The van der Waals surface area contributed by atoms with Crippen LogP contribution in [-0.4, -0.2) is 19.1 Å². The molecule has 1 aliphatic heterocycles. The summed E-state index contributed by atoms with van der Waals surface area (Å²) in [6.07, 6.45) is 8.69. The summed E-state index contributed by atoms with van der Waals surface area (Å²) in [6.45, 7) is 2.38. The normalized spacial score (nSPS) is 28.5. The number of hydrogen-bond acceptors (Lipinski definition) is 0. The van der Waals surface area contributed by atoms with Gasteiger partial charge in [0.05, 0.1) is 12.6 Å². The average Bonchev–Trinajstić information content (AvgIpc) is 2.49. The maximum atomic E-state index is 3.42. The topological polar surface area (TPSA) is 4.44 Å². The highest BCUT2D eigenvalue weighted by Crippen LogP contribution is 2.28. The Balaban J connectivity index is 0.00000147. The summed E-state index contributed by atoms with van der Waals surface area (Å²) in [5.41, 5.74) is 1.15. The van der Waals surface area contributed by atoms with Crippen molar-refractivity contribution in [2.24, 2.45) is 5.92 Å². The first kappa shape index (κ1) is 15.4. The van der Waals surface area contributed by atoms with Gasteiger partial charge in [0.2, 0.25) is 0 Å². The fourth-order valence-corrected chi connectivity index (χ4v) is 3.87. The van der Waals surface area contributed by atoms with E-state index in [9.17, 15) is 0 Å². The zero-order valence-electron chi connectivity index (χ0n) is 12.1. The second-order valence-corrected chi connectivity index (χ2v) is 6.05. The van der Waals surface area contributed by atoms with Crippen LogP contribution in [0.1, 0.15) is 44.1 Å². The van der Waals surface area contributed by atoms with E-state index in [0.717, 1.165) is 24.1 Å². The molecule has 0 spiro atoms. The van der Waals surface area contributed by atoms with Crippen LogP contribution in [0.25, 0.3) is 0 Å².